The lowest BCUT2D eigenvalue weighted by molar-refractivity contribution is 0.0675. The van der Waals surface area contributed by atoms with Gasteiger partial charge in [0.05, 0.1) is 12.6 Å². The van der Waals surface area contributed by atoms with Gasteiger partial charge in [-0.2, -0.15) is 0 Å². The van der Waals surface area contributed by atoms with Gasteiger partial charge in [-0.15, -0.1) is 10.2 Å². The largest absolute Gasteiger partial charge is 0.427 e. The van der Waals surface area contributed by atoms with Crippen molar-refractivity contribution in [2.45, 2.75) is 51.6 Å². The van der Waals surface area contributed by atoms with Crippen molar-refractivity contribution in [3.63, 3.8) is 0 Å². The van der Waals surface area contributed by atoms with Crippen LogP contribution in [0.25, 0.3) is 11.4 Å². The van der Waals surface area contributed by atoms with E-state index in [0.717, 1.165) is 30.7 Å². The fraction of sp³-hybridized carbons (Fsp3) is 0.391. The minimum Gasteiger partial charge on any atom is -0.427 e. The van der Waals surface area contributed by atoms with Crippen LogP contribution in [0, 0.1) is 6.92 Å². The second-order valence-corrected chi connectivity index (χ2v) is 8.33. The quantitative estimate of drug-likeness (QED) is 0.665. The first kappa shape index (κ1) is 18.8. The zero-order valence-electron chi connectivity index (χ0n) is 17.2. The van der Waals surface area contributed by atoms with Crippen molar-refractivity contribution >= 4 is 5.91 Å². The van der Waals surface area contributed by atoms with E-state index in [1.807, 2.05) is 50.2 Å². The van der Waals surface area contributed by atoms with E-state index >= 15 is 0 Å². The van der Waals surface area contributed by atoms with Crippen molar-refractivity contribution in [2.24, 2.45) is 0 Å². The molecule has 1 aliphatic heterocycles. The summed E-state index contributed by atoms with van der Waals surface area (Å²) in [6.45, 7) is 4.64. The van der Waals surface area contributed by atoms with Gasteiger partial charge in [-0.05, 0) is 38.3 Å². The Morgan fingerprint density at radius 3 is 2.60 bits per heavy atom. The van der Waals surface area contributed by atoms with Crippen LogP contribution in [0.5, 0.6) is 0 Å². The summed E-state index contributed by atoms with van der Waals surface area (Å²) < 4.78 is 7.60. The highest BCUT2D eigenvalue weighted by Gasteiger charge is 2.33. The van der Waals surface area contributed by atoms with Crippen LogP contribution in [0.1, 0.15) is 65.7 Å². The van der Waals surface area contributed by atoms with Crippen molar-refractivity contribution in [3.8, 4) is 11.4 Å². The minimum absolute atomic E-state index is 0.00972. The Balaban J connectivity index is 1.44. The highest BCUT2D eigenvalue weighted by molar-refractivity contribution is 5.95. The zero-order valence-corrected chi connectivity index (χ0v) is 17.2. The van der Waals surface area contributed by atoms with Gasteiger partial charge in [0, 0.05) is 18.0 Å². The molecule has 3 heterocycles. The van der Waals surface area contributed by atoms with E-state index in [2.05, 4.69) is 14.8 Å². The Morgan fingerprint density at radius 2 is 1.93 bits per heavy atom. The summed E-state index contributed by atoms with van der Waals surface area (Å²) in [5.41, 5.74) is 1.27. The summed E-state index contributed by atoms with van der Waals surface area (Å²) in [7, 11) is 0. The number of fused-ring (bicyclic) bond motifs is 1. The number of benzene rings is 1. The second-order valence-electron chi connectivity index (χ2n) is 8.33. The van der Waals surface area contributed by atoms with E-state index in [1.165, 1.54) is 0 Å². The van der Waals surface area contributed by atoms with E-state index in [9.17, 15) is 9.59 Å². The molecule has 7 nitrogen and oxygen atoms in total. The maximum atomic E-state index is 13.2. The number of aryl methyl sites for hydroxylation is 1. The maximum Gasteiger partial charge on any atom is 0.349 e. The average Bonchev–Trinajstić information content (AvgIpc) is 3.11. The average molecular weight is 404 g/mol. The smallest absolute Gasteiger partial charge is 0.349 e. The van der Waals surface area contributed by atoms with Gasteiger partial charge in [0.1, 0.15) is 11.3 Å². The molecule has 2 aliphatic rings. The normalized spacial score (nSPS) is 18.7. The van der Waals surface area contributed by atoms with Crippen LogP contribution in [0.2, 0.25) is 0 Å². The van der Waals surface area contributed by atoms with Crippen molar-refractivity contribution in [2.75, 3.05) is 6.54 Å². The van der Waals surface area contributed by atoms with Crippen LogP contribution in [-0.2, 0) is 6.54 Å². The van der Waals surface area contributed by atoms with Crippen LogP contribution >= 0.6 is 0 Å². The zero-order chi connectivity index (χ0) is 20.8. The van der Waals surface area contributed by atoms with Gasteiger partial charge >= 0.3 is 5.63 Å². The SMILES string of the molecule is Cc1cc(C2CCC2)oc(=O)c1C(=O)N1Cc2nnc(-c3ccccc3)n2[C@@H](C)C1. The number of amides is 1. The Hall–Kier alpha value is -3.22. The molecular weight excluding hydrogens is 380 g/mol. The number of aromatic nitrogens is 3. The summed E-state index contributed by atoms with van der Waals surface area (Å²) in [5, 5.41) is 8.69. The lowest BCUT2D eigenvalue weighted by atomic mass is 9.83. The summed E-state index contributed by atoms with van der Waals surface area (Å²) in [6.07, 6.45) is 3.24. The molecule has 1 aliphatic carbocycles. The molecule has 154 valence electrons. The fourth-order valence-electron chi connectivity index (χ4n) is 4.41. The molecule has 0 unspecified atom stereocenters. The molecule has 1 fully saturated rings. The molecule has 0 bridgehead atoms. The summed E-state index contributed by atoms with van der Waals surface area (Å²) in [6, 6.07) is 11.8. The molecule has 0 N–H and O–H groups in total. The molecule has 30 heavy (non-hydrogen) atoms. The number of hydrogen-bond acceptors (Lipinski definition) is 5. The third-order valence-electron chi connectivity index (χ3n) is 6.23. The maximum absolute atomic E-state index is 13.2. The number of carbonyl (C=O) groups excluding carboxylic acids is 1. The van der Waals surface area contributed by atoms with E-state index in [4.69, 9.17) is 4.42 Å². The van der Waals surface area contributed by atoms with Crippen LogP contribution < -0.4 is 5.63 Å². The van der Waals surface area contributed by atoms with E-state index < -0.39 is 5.63 Å². The summed E-state index contributed by atoms with van der Waals surface area (Å²) in [5.74, 6) is 2.23. The van der Waals surface area contributed by atoms with Crippen LogP contribution in [0.15, 0.2) is 45.6 Å². The van der Waals surface area contributed by atoms with E-state index in [1.54, 1.807) is 4.90 Å². The number of nitrogens with zero attached hydrogens (tertiary/aromatic N) is 4. The van der Waals surface area contributed by atoms with Crippen LogP contribution in [0.4, 0.5) is 0 Å². The molecule has 0 saturated heterocycles. The second kappa shape index (κ2) is 7.23. The van der Waals surface area contributed by atoms with Gasteiger partial charge in [0.15, 0.2) is 11.6 Å². The molecule has 3 aromatic rings. The number of rotatable bonds is 3. The molecule has 1 aromatic carbocycles. The topological polar surface area (TPSA) is 81.2 Å². The lowest BCUT2D eigenvalue weighted by Gasteiger charge is -2.32. The highest BCUT2D eigenvalue weighted by Crippen LogP contribution is 2.36. The molecule has 0 radical (unpaired) electrons. The first-order valence-electron chi connectivity index (χ1n) is 10.5. The highest BCUT2D eigenvalue weighted by atomic mass is 16.4. The summed E-state index contributed by atoms with van der Waals surface area (Å²) >= 11 is 0. The molecule has 1 atom stereocenters. The van der Waals surface area contributed by atoms with Gasteiger partial charge < -0.3 is 13.9 Å². The predicted octanol–water partition coefficient (Wildman–Crippen LogP) is 3.69. The standard InChI is InChI=1S/C23H24N4O3/c1-14-11-18(16-9-6-10-16)30-23(29)20(14)22(28)26-12-15(2)27-19(13-26)24-25-21(27)17-7-4-3-5-8-17/h3-5,7-8,11,15-16H,6,9-10,12-13H2,1-2H3/t15-/m0/s1. The monoisotopic (exact) mass is 404 g/mol. The molecule has 7 heteroatoms. The fourth-order valence-corrected chi connectivity index (χ4v) is 4.41. The molecule has 1 saturated carbocycles. The third-order valence-corrected chi connectivity index (χ3v) is 6.23. The molecule has 5 rings (SSSR count). The van der Waals surface area contributed by atoms with Gasteiger partial charge in [-0.3, -0.25) is 4.79 Å². The van der Waals surface area contributed by atoms with Crippen LogP contribution in [-0.4, -0.2) is 32.1 Å². The predicted molar refractivity (Wildman–Crippen MR) is 111 cm³/mol. The molecule has 1 amide bonds. The van der Waals surface area contributed by atoms with Crippen molar-refractivity contribution in [1.82, 2.24) is 19.7 Å². The van der Waals surface area contributed by atoms with Crippen molar-refractivity contribution in [3.05, 3.63) is 69.5 Å². The van der Waals surface area contributed by atoms with Crippen molar-refractivity contribution in [1.29, 1.82) is 0 Å². The minimum atomic E-state index is -0.536. The third kappa shape index (κ3) is 3.05. The Labute approximate surface area is 174 Å². The molecular formula is C23H24N4O3. The number of carbonyl (C=O) groups is 1. The molecule has 0 spiro atoms. The molecule has 2 aromatic heterocycles. The van der Waals surface area contributed by atoms with E-state index in [0.29, 0.717) is 36.2 Å². The van der Waals surface area contributed by atoms with Gasteiger partial charge in [-0.1, -0.05) is 36.8 Å². The van der Waals surface area contributed by atoms with Gasteiger partial charge in [-0.25, -0.2) is 4.79 Å². The first-order valence-corrected chi connectivity index (χ1v) is 10.5. The Kier molecular flexibility index (Phi) is 4.53. The summed E-state index contributed by atoms with van der Waals surface area (Å²) in [4.78, 5) is 27.6. The Bertz CT molecular complexity index is 1160. The van der Waals surface area contributed by atoms with Gasteiger partial charge in [0.2, 0.25) is 0 Å². The first-order chi connectivity index (χ1) is 14.5. The number of hydrogen-bond donors (Lipinski definition) is 0. The van der Waals surface area contributed by atoms with Gasteiger partial charge in [0.25, 0.3) is 5.91 Å². The lowest BCUT2D eigenvalue weighted by Crippen LogP contribution is -2.42. The van der Waals surface area contributed by atoms with E-state index in [-0.39, 0.29) is 17.5 Å². The van der Waals surface area contributed by atoms with Crippen LogP contribution in [0.3, 0.4) is 0 Å². The van der Waals surface area contributed by atoms with Crippen molar-refractivity contribution < 1.29 is 9.21 Å². The Morgan fingerprint density at radius 1 is 1.17 bits per heavy atom.